The predicted octanol–water partition coefficient (Wildman–Crippen LogP) is 3.26. The lowest BCUT2D eigenvalue weighted by atomic mass is 10.2. The third-order valence-corrected chi connectivity index (χ3v) is 3.69. The van der Waals surface area contributed by atoms with E-state index in [-0.39, 0.29) is 6.03 Å². The highest BCUT2D eigenvalue weighted by Gasteiger charge is 2.44. The van der Waals surface area contributed by atoms with Crippen molar-refractivity contribution >= 4 is 11.7 Å². The molecule has 1 spiro atoms. The van der Waals surface area contributed by atoms with E-state index in [1.807, 2.05) is 25.1 Å². The minimum Gasteiger partial charge on any atom is -0.448 e. The van der Waals surface area contributed by atoms with Crippen LogP contribution in [0.2, 0.25) is 0 Å². The van der Waals surface area contributed by atoms with Crippen LogP contribution in [0.25, 0.3) is 0 Å². The maximum atomic E-state index is 11.6. The van der Waals surface area contributed by atoms with Crippen LogP contribution in [0.4, 0.5) is 10.5 Å². The van der Waals surface area contributed by atoms with E-state index in [1.165, 1.54) is 0 Å². The highest BCUT2D eigenvalue weighted by Crippen LogP contribution is 2.47. The maximum Gasteiger partial charge on any atom is 0.319 e. The fourth-order valence-corrected chi connectivity index (χ4v) is 2.70. The van der Waals surface area contributed by atoms with Gasteiger partial charge in [-0.3, -0.25) is 0 Å². The number of ether oxygens (including phenoxy) is 2. The summed E-state index contributed by atoms with van der Waals surface area (Å²) in [6.45, 7) is 2.68. The van der Waals surface area contributed by atoms with Crippen molar-refractivity contribution in [2.24, 2.45) is 0 Å². The van der Waals surface area contributed by atoms with Crippen molar-refractivity contribution in [3.8, 4) is 11.5 Å². The number of benzene rings is 1. The summed E-state index contributed by atoms with van der Waals surface area (Å²) in [5, 5.41) is 5.57. The van der Waals surface area contributed by atoms with Crippen molar-refractivity contribution in [3.63, 3.8) is 0 Å². The molecule has 1 aromatic carbocycles. The number of amides is 2. The molecular formula is C15H20N2O3. The van der Waals surface area contributed by atoms with Crippen molar-refractivity contribution < 1.29 is 14.3 Å². The highest BCUT2D eigenvalue weighted by atomic mass is 16.7. The second kappa shape index (κ2) is 5.23. The molecule has 5 nitrogen and oxygen atoms in total. The Kier molecular flexibility index (Phi) is 3.42. The van der Waals surface area contributed by atoms with Crippen molar-refractivity contribution in [1.29, 1.82) is 0 Å². The zero-order chi connectivity index (χ0) is 14.0. The van der Waals surface area contributed by atoms with E-state index >= 15 is 0 Å². The average molecular weight is 276 g/mol. The van der Waals surface area contributed by atoms with Crippen LogP contribution < -0.4 is 20.1 Å². The first kappa shape index (κ1) is 13.1. The molecule has 0 bridgehead atoms. The third-order valence-electron chi connectivity index (χ3n) is 3.69. The Morgan fingerprint density at radius 3 is 2.75 bits per heavy atom. The van der Waals surface area contributed by atoms with E-state index < -0.39 is 5.79 Å². The van der Waals surface area contributed by atoms with Crippen molar-refractivity contribution in [2.75, 3.05) is 11.9 Å². The van der Waals surface area contributed by atoms with Gasteiger partial charge >= 0.3 is 6.03 Å². The van der Waals surface area contributed by atoms with Gasteiger partial charge in [0.25, 0.3) is 5.79 Å². The molecular weight excluding hydrogens is 256 g/mol. The molecule has 2 N–H and O–H groups in total. The highest BCUT2D eigenvalue weighted by molar-refractivity contribution is 5.89. The number of carbonyl (C=O) groups is 1. The normalized spacial score (nSPS) is 18.2. The molecule has 1 saturated carbocycles. The molecule has 20 heavy (non-hydrogen) atoms. The van der Waals surface area contributed by atoms with Crippen LogP contribution >= 0.6 is 0 Å². The fourth-order valence-electron chi connectivity index (χ4n) is 2.70. The lowest BCUT2D eigenvalue weighted by Gasteiger charge is -2.21. The SMILES string of the molecule is CCCNC(=O)Nc1ccc2c(c1)OC1(CCCC1)O2. The predicted molar refractivity (Wildman–Crippen MR) is 76.2 cm³/mol. The van der Waals surface area contributed by atoms with E-state index in [0.717, 1.165) is 49.3 Å². The zero-order valence-corrected chi connectivity index (χ0v) is 11.7. The molecule has 3 rings (SSSR count). The van der Waals surface area contributed by atoms with E-state index in [2.05, 4.69) is 10.6 Å². The standard InChI is InChI=1S/C15H20N2O3/c1-2-9-16-14(18)17-11-5-6-12-13(10-11)20-15(19-12)7-3-4-8-15/h5-6,10H,2-4,7-9H2,1H3,(H2,16,17,18). The number of anilines is 1. The average Bonchev–Trinajstić information content (AvgIpc) is 3.02. The summed E-state index contributed by atoms with van der Waals surface area (Å²) in [7, 11) is 0. The van der Waals surface area contributed by atoms with Crippen molar-refractivity contribution in [3.05, 3.63) is 18.2 Å². The first-order valence-electron chi connectivity index (χ1n) is 7.28. The molecule has 0 radical (unpaired) electrons. The summed E-state index contributed by atoms with van der Waals surface area (Å²) in [5.74, 6) is 1.04. The maximum absolute atomic E-state index is 11.6. The lowest BCUT2D eigenvalue weighted by Crippen LogP contribution is -2.34. The van der Waals surface area contributed by atoms with Crippen LogP contribution in [-0.4, -0.2) is 18.4 Å². The van der Waals surface area contributed by atoms with Gasteiger partial charge < -0.3 is 20.1 Å². The van der Waals surface area contributed by atoms with Crippen LogP contribution in [-0.2, 0) is 0 Å². The Bertz CT molecular complexity index is 510. The quantitative estimate of drug-likeness (QED) is 0.890. The molecule has 1 aliphatic carbocycles. The molecule has 1 fully saturated rings. The van der Waals surface area contributed by atoms with E-state index in [1.54, 1.807) is 0 Å². The Hall–Kier alpha value is -1.91. The minimum absolute atomic E-state index is 0.193. The van der Waals surface area contributed by atoms with Gasteiger partial charge in [-0.2, -0.15) is 0 Å². The van der Waals surface area contributed by atoms with Crippen LogP contribution in [0, 0.1) is 0 Å². The topological polar surface area (TPSA) is 59.6 Å². The minimum atomic E-state index is -0.453. The fraction of sp³-hybridized carbons (Fsp3) is 0.533. The summed E-state index contributed by atoms with van der Waals surface area (Å²) in [5.41, 5.74) is 0.719. The number of fused-ring (bicyclic) bond motifs is 1. The first-order chi connectivity index (χ1) is 9.71. The molecule has 0 unspecified atom stereocenters. The molecule has 1 aromatic rings. The van der Waals surface area contributed by atoms with E-state index in [9.17, 15) is 4.79 Å². The Morgan fingerprint density at radius 1 is 1.25 bits per heavy atom. The van der Waals surface area contributed by atoms with Gasteiger partial charge in [0.15, 0.2) is 11.5 Å². The molecule has 0 saturated heterocycles. The van der Waals surface area contributed by atoms with Crippen LogP contribution in [0.1, 0.15) is 39.0 Å². The number of rotatable bonds is 3. The summed E-state index contributed by atoms with van der Waals surface area (Å²) in [4.78, 5) is 11.6. The molecule has 5 heteroatoms. The largest absolute Gasteiger partial charge is 0.448 e. The number of hydrogen-bond acceptors (Lipinski definition) is 3. The Labute approximate surface area is 118 Å². The Balaban J connectivity index is 1.67. The summed E-state index contributed by atoms with van der Waals surface area (Å²) >= 11 is 0. The summed E-state index contributed by atoms with van der Waals surface area (Å²) in [6, 6.07) is 5.33. The van der Waals surface area contributed by atoms with Crippen LogP contribution in [0.15, 0.2) is 18.2 Å². The third kappa shape index (κ3) is 2.53. The number of hydrogen-bond donors (Lipinski definition) is 2. The molecule has 2 aliphatic rings. The first-order valence-corrected chi connectivity index (χ1v) is 7.28. The molecule has 1 heterocycles. The van der Waals surface area contributed by atoms with Crippen molar-refractivity contribution in [2.45, 2.75) is 44.8 Å². The van der Waals surface area contributed by atoms with Gasteiger partial charge in [-0.05, 0) is 31.4 Å². The lowest BCUT2D eigenvalue weighted by molar-refractivity contribution is -0.0716. The molecule has 0 aromatic heterocycles. The molecule has 1 aliphatic heterocycles. The van der Waals surface area contributed by atoms with E-state index in [4.69, 9.17) is 9.47 Å². The van der Waals surface area contributed by atoms with Gasteiger partial charge in [-0.1, -0.05) is 6.92 Å². The second-order valence-electron chi connectivity index (χ2n) is 5.36. The second-order valence-corrected chi connectivity index (χ2v) is 5.36. The van der Waals surface area contributed by atoms with Gasteiger partial charge in [-0.25, -0.2) is 4.79 Å². The van der Waals surface area contributed by atoms with Crippen LogP contribution in [0.5, 0.6) is 11.5 Å². The van der Waals surface area contributed by atoms with Gasteiger partial charge in [0, 0.05) is 31.1 Å². The number of urea groups is 1. The molecule has 2 amide bonds. The van der Waals surface area contributed by atoms with Crippen LogP contribution in [0.3, 0.4) is 0 Å². The summed E-state index contributed by atoms with van der Waals surface area (Å²) < 4.78 is 11.9. The van der Waals surface area contributed by atoms with Gasteiger partial charge in [0.1, 0.15) is 0 Å². The number of carbonyl (C=O) groups excluding carboxylic acids is 1. The van der Waals surface area contributed by atoms with Gasteiger partial charge in [0.05, 0.1) is 0 Å². The molecule has 108 valence electrons. The van der Waals surface area contributed by atoms with Gasteiger partial charge in [0.2, 0.25) is 0 Å². The zero-order valence-electron chi connectivity index (χ0n) is 11.7. The van der Waals surface area contributed by atoms with Gasteiger partial charge in [-0.15, -0.1) is 0 Å². The monoisotopic (exact) mass is 276 g/mol. The summed E-state index contributed by atoms with van der Waals surface area (Å²) in [6.07, 6.45) is 5.05. The number of nitrogens with one attached hydrogen (secondary N) is 2. The molecule has 0 atom stereocenters. The Morgan fingerprint density at radius 2 is 2.00 bits per heavy atom. The van der Waals surface area contributed by atoms with E-state index in [0.29, 0.717) is 6.54 Å². The van der Waals surface area contributed by atoms with Crippen molar-refractivity contribution in [1.82, 2.24) is 5.32 Å². The smallest absolute Gasteiger partial charge is 0.319 e.